The Hall–Kier alpha value is -2.82. The first kappa shape index (κ1) is 15.7. The summed E-state index contributed by atoms with van der Waals surface area (Å²) in [4.78, 5) is 30.0. The number of nitrogens with zero attached hydrogens (tertiary/aromatic N) is 1. The van der Waals surface area contributed by atoms with E-state index in [1.807, 2.05) is 35.2 Å². The summed E-state index contributed by atoms with van der Waals surface area (Å²) in [5.74, 6) is 1.16. The van der Waals surface area contributed by atoms with Crippen LogP contribution in [0.5, 0.6) is 0 Å². The van der Waals surface area contributed by atoms with Gasteiger partial charge in [-0.05, 0) is 48.4 Å². The van der Waals surface area contributed by atoms with Gasteiger partial charge in [0, 0.05) is 11.9 Å². The van der Waals surface area contributed by atoms with Crippen molar-refractivity contribution in [3.63, 3.8) is 0 Å². The van der Waals surface area contributed by atoms with Crippen LogP contribution in [0.1, 0.15) is 42.1 Å². The summed E-state index contributed by atoms with van der Waals surface area (Å²) < 4.78 is 5.57. The van der Waals surface area contributed by atoms with Crippen molar-refractivity contribution in [2.24, 2.45) is 5.92 Å². The van der Waals surface area contributed by atoms with Crippen LogP contribution in [0.25, 0.3) is 10.8 Å². The fourth-order valence-electron chi connectivity index (χ4n) is 3.62. The molecule has 2 atom stereocenters. The lowest BCUT2D eigenvalue weighted by atomic mass is 9.90. The maximum Gasteiger partial charge on any atom is 0.271 e. The molecule has 5 nitrogen and oxygen atoms in total. The average Bonchev–Trinajstić information content (AvgIpc) is 3.15. The van der Waals surface area contributed by atoms with E-state index in [2.05, 4.69) is 11.9 Å². The molecule has 2 aromatic heterocycles. The maximum atomic E-state index is 13.1. The van der Waals surface area contributed by atoms with Gasteiger partial charge >= 0.3 is 0 Å². The van der Waals surface area contributed by atoms with Crippen LogP contribution in [0, 0.1) is 5.92 Å². The Labute approximate surface area is 145 Å². The molecular weight excluding hydrogens is 316 g/mol. The van der Waals surface area contributed by atoms with E-state index in [4.69, 9.17) is 4.42 Å². The molecule has 1 saturated heterocycles. The zero-order valence-corrected chi connectivity index (χ0v) is 14.1. The highest BCUT2D eigenvalue weighted by Gasteiger charge is 2.33. The lowest BCUT2D eigenvalue weighted by molar-refractivity contribution is 0.0515. The number of aromatic nitrogens is 1. The van der Waals surface area contributed by atoms with Gasteiger partial charge in [0.2, 0.25) is 0 Å². The van der Waals surface area contributed by atoms with Crippen molar-refractivity contribution in [2.75, 3.05) is 6.54 Å². The van der Waals surface area contributed by atoms with Gasteiger partial charge < -0.3 is 14.3 Å². The van der Waals surface area contributed by atoms with Crippen LogP contribution in [0.4, 0.5) is 0 Å². The second-order valence-corrected chi connectivity index (χ2v) is 6.76. The minimum Gasteiger partial charge on any atom is -0.467 e. The van der Waals surface area contributed by atoms with Crippen molar-refractivity contribution in [1.29, 1.82) is 0 Å². The van der Waals surface area contributed by atoms with Gasteiger partial charge in [0.25, 0.3) is 11.5 Å². The van der Waals surface area contributed by atoms with Crippen molar-refractivity contribution in [3.05, 3.63) is 70.5 Å². The lowest BCUT2D eigenvalue weighted by Crippen LogP contribution is -2.41. The van der Waals surface area contributed by atoms with Crippen molar-refractivity contribution < 1.29 is 9.21 Å². The summed E-state index contributed by atoms with van der Waals surface area (Å²) in [6.45, 7) is 2.84. The number of piperidine rings is 1. The van der Waals surface area contributed by atoms with E-state index in [1.54, 1.807) is 18.4 Å². The molecule has 1 fully saturated rings. The molecule has 1 aliphatic heterocycles. The number of carbonyl (C=O) groups excluding carboxylic acids is 1. The Morgan fingerprint density at radius 3 is 2.88 bits per heavy atom. The molecule has 5 heteroatoms. The Morgan fingerprint density at radius 1 is 1.24 bits per heavy atom. The summed E-state index contributed by atoms with van der Waals surface area (Å²) in [6, 6.07) is 12.7. The molecule has 3 heterocycles. The number of hydrogen-bond acceptors (Lipinski definition) is 3. The third kappa shape index (κ3) is 2.86. The number of H-pyrrole nitrogens is 1. The molecule has 1 N–H and O–H groups in total. The van der Waals surface area contributed by atoms with Gasteiger partial charge in [-0.1, -0.05) is 25.1 Å². The Balaban J connectivity index is 1.73. The summed E-state index contributed by atoms with van der Waals surface area (Å²) in [5.41, 5.74) is 0.0937. The van der Waals surface area contributed by atoms with Gasteiger partial charge in [0.05, 0.1) is 12.3 Å². The number of amides is 1. The van der Waals surface area contributed by atoms with E-state index >= 15 is 0 Å². The van der Waals surface area contributed by atoms with Crippen molar-refractivity contribution in [2.45, 2.75) is 25.8 Å². The molecule has 0 radical (unpaired) electrons. The molecule has 1 aromatic carbocycles. The predicted octanol–water partition coefficient (Wildman–Crippen LogP) is 3.73. The molecule has 1 aliphatic rings. The number of likely N-dealkylation sites (tertiary alicyclic amines) is 1. The standard InChI is InChI=1S/C20H20N2O3/c1-13-8-9-22(17(11-13)18-7-4-10-25-18)20(24)16-12-14-5-2-3-6-15(14)19(23)21-16/h2-7,10,12-13,17H,8-9,11H2,1H3,(H,21,23)/t13-,17+/m1/s1. The van der Waals surface area contributed by atoms with Crippen LogP contribution >= 0.6 is 0 Å². The van der Waals surface area contributed by atoms with Crippen LogP contribution in [0.15, 0.2) is 57.9 Å². The molecule has 4 rings (SSSR count). The number of furan rings is 1. The zero-order valence-electron chi connectivity index (χ0n) is 14.1. The molecule has 0 spiro atoms. The fourth-order valence-corrected chi connectivity index (χ4v) is 3.62. The minimum atomic E-state index is -0.235. The number of nitrogens with one attached hydrogen (secondary N) is 1. The number of pyridine rings is 1. The molecule has 128 valence electrons. The molecule has 0 aliphatic carbocycles. The van der Waals surface area contributed by atoms with Gasteiger partial charge in [0.1, 0.15) is 11.5 Å². The summed E-state index contributed by atoms with van der Waals surface area (Å²) >= 11 is 0. The molecule has 0 saturated carbocycles. The van der Waals surface area contributed by atoms with Crippen LogP contribution in [-0.2, 0) is 0 Å². The topological polar surface area (TPSA) is 66.3 Å². The first-order valence-electron chi connectivity index (χ1n) is 8.60. The van der Waals surface area contributed by atoms with E-state index in [0.717, 1.165) is 24.0 Å². The maximum absolute atomic E-state index is 13.1. The Kier molecular flexibility index (Phi) is 3.92. The van der Waals surface area contributed by atoms with Crippen LogP contribution in [0.2, 0.25) is 0 Å². The van der Waals surface area contributed by atoms with Crippen LogP contribution < -0.4 is 5.56 Å². The average molecular weight is 336 g/mol. The summed E-state index contributed by atoms with van der Waals surface area (Å²) in [7, 11) is 0. The molecular formula is C20H20N2O3. The molecule has 1 amide bonds. The summed E-state index contributed by atoms with van der Waals surface area (Å²) in [5, 5.41) is 1.36. The third-order valence-corrected chi connectivity index (χ3v) is 4.98. The van der Waals surface area contributed by atoms with Gasteiger partial charge in [0.15, 0.2) is 0 Å². The smallest absolute Gasteiger partial charge is 0.271 e. The molecule has 3 aromatic rings. The van der Waals surface area contributed by atoms with Gasteiger partial charge in [-0.2, -0.15) is 0 Å². The number of rotatable bonds is 2. The number of hydrogen-bond donors (Lipinski definition) is 1. The Morgan fingerprint density at radius 2 is 2.08 bits per heavy atom. The minimum absolute atomic E-state index is 0.0961. The second kappa shape index (κ2) is 6.24. The lowest BCUT2D eigenvalue weighted by Gasteiger charge is -2.37. The van der Waals surface area contributed by atoms with E-state index in [9.17, 15) is 9.59 Å². The Bertz CT molecular complexity index is 958. The SMILES string of the molecule is C[C@@H]1CCN(C(=O)c2cc3ccccc3c(=O)[nH]2)[C@H](c2ccco2)C1. The number of fused-ring (bicyclic) bond motifs is 1. The number of carbonyl (C=O) groups is 1. The van der Waals surface area contributed by atoms with Gasteiger partial charge in [-0.3, -0.25) is 9.59 Å². The van der Waals surface area contributed by atoms with E-state index in [0.29, 0.717) is 23.5 Å². The normalized spacial score (nSPS) is 20.8. The van der Waals surface area contributed by atoms with Crippen molar-refractivity contribution in [1.82, 2.24) is 9.88 Å². The number of benzene rings is 1. The van der Waals surface area contributed by atoms with Gasteiger partial charge in [-0.15, -0.1) is 0 Å². The van der Waals surface area contributed by atoms with Crippen molar-refractivity contribution in [3.8, 4) is 0 Å². The number of aromatic amines is 1. The summed E-state index contributed by atoms with van der Waals surface area (Å²) in [6.07, 6.45) is 3.44. The molecule has 0 unspecified atom stereocenters. The van der Waals surface area contributed by atoms with Crippen molar-refractivity contribution >= 4 is 16.7 Å². The van der Waals surface area contributed by atoms with Crippen LogP contribution in [-0.4, -0.2) is 22.3 Å². The predicted molar refractivity (Wildman–Crippen MR) is 95.5 cm³/mol. The molecule has 25 heavy (non-hydrogen) atoms. The zero-order chi connectivity index (χ0) is 17.4. The highest BCUT2D eigenvalue weighted by atomic mass is 16.3. The molecule has 0 bridgehead atoms. The monoisotopic (exact) mass is 336 g/mol. The van der Waals surface area contributed by atoms with E-state index in [-0.39, 0.29) is 17.5 Å². The highest BCUT2D eigenvalue weighted by Crippen LogP contribution is 2.35. The first-order chi connectivity index (χ1) is 12.1. The third-order valence-electron chi connectivity index (χ3n) is 4.98. The van der Waals surface area contributed by atoms with E-state index < -0.39 is 0 Å². The van der Waals surface area contributed by atoms with E-state index in [1.165, 1.54) is 0 Å². The van der Waals surface area contributed by atoms with Gasteiger partial charge in [-0.25, -0.2) is 0 Å². The first-order valence-corrected chi connectivity index (χ1v) is 8.60. The largest absolute Gasteiger partial charge is 0.467 e. The quantitative estimate of drug-likeness (QED) is 0.775. The second-order valence-electron chi connectivity index (χ2n) is 6.76. The fraction of sp³-hybridized carbons (Fsp3) is 0.300. The highest BCUT2D eigenvalue weighted by molar-refractivity contribution is 5.96. The van der Waals surface area contributed by atoms with Crippen LogP contribution in [0.3, 0.4) is 0 Å².